The van der Waals surface area contributed by atoms with Crippen LogP contribution in [0.1, 0.15) is 26.5 Å². The van der Waals surface area contributed by atoms with Crippen molar-refractivity contribution in [1.29, 1.82) is 0 Å². The predicted octanol–water partition coefficient (Wildman–Crippen LogP) is 0.591. The third-order valence-electron chi connectivity index (χ3n) is 3.36. The summed E-state index contributed by atoms with van der Waals surface area (Å²) in [5.74, 6) is 1.01. The van der Waals surface area contributed by atoms with Crippen LogP contribution in [0.15, 0.2) is 16.7 Å². The van der Waals surface area contributed by atoms with Crippen molar-refractivity contribution in [2.75, 3.05) is 26.2 Å². The third kappa shape index (κ3) is 4.03. The van der Waals surface area contributed by atoms with Gasteiger partial charge in [0.1, 0.15) is 19.2 Å². The topological polar surface area (TPSA) is 45.9 Å². The second-order valence-corrected chi connectivity index (χ2v) is 6.27. The number of hydrogen-bond donors (Lipinski definition) is 0. The third-order valence-corrected chi connectivity index (χ3v) is 3.36. The molecule has 0 bridgehead atoms. The number of amides is 1. The minimum Gasteiger partial charge on any atom is -0.469 e. The van der Waals surface area contributed by atoms with Gasteiger partial charge in [-0.1, -0.05) is 0 Å². The van der Waals surface area contributed by atoms with E-state index >= 15 is 0 Å². The summed E-state index contributed by atoms with van der Waals surface area (Å²) >= 11 is 0. The maximum Gasteiger partial charge on any atom is 0.410 e. The lowest BCUT2D eigenvalue weighted by atomic mass is 9.97. The van der Waals surface area contributed by atoms with Gasteiger partial charge in [0.15, 0.2) is 0 Å². The molecule has 1 aromatic heterocycles. The Balaban J connectivity index is 1.81. The molecule has 0 N–H and O–H groups in total. The van der Waals surface area contributed by atoms with Crippen molar-refractivity contribution in [3.8, 4) is 0 Å². The molecule has 2 heterocycles. The lowest BCUT2D eigenvalue weighted by molar-refractivity contribution is 0.0135. The smallest absolute Gasteiger partial charge is 0.410 e. The molecule has 0 aromatic carbocycles. The van der Waals surface area contributed by atoms with Gasteiger partial charge in [-0.05, 0) is 32.3 Å². The van der Waals surface area contributed by atoms with Gasteiger partial charge in [-0.15, -0.1) is 0 Å². The highest BCUT2D eigenvalue weighted by Gasteiger charge is 2.26. The van der Waals surface area contributed by atoms with E-state index in [1.165, 1.54) is 5.46 Å². The van der Waals surface area contributed by atoms with Crippen LogP contribution in [0.3, 0.4) is 0 Å². The van der Waals surface area contributed by atoms with E-state index < -0.39 is 5.60 Å². The van der Waals surface area contributed by atoms with Gasteiger partial charge in [-0.25, -0.2) is 4.79 Å². The average molecular weight is 278 g/mol. The summed E-state index contributed by atoms with van der Waals surface area (Å²) in [5.41, 5.74) is 0.749. The Bertz CT molecular complexity index is 459. The van der Waals surface area contributed by atoms with Gasteiger partial charge in [0.05, 0.1) is 12.8 Å². The van der Waals surface area contributed by atoms with Crippen LogP contribution in [0.5, 0.6) is 0 Å². The van der Waals surface area contributed by atoms with Gasteiger partial charge < -0.3 is 14.1 Å². The van der Waals surface area contributed by atoms with Crippen LogP contribution in [0, 0.1) is 0 Å². The standard InChI is InChI=1S/C14H23BN2O3/c1-14(2,3)20-13(18)17-7-5-16(6-8-17)10-12-11(15)4-9-19-12/h4,9H,5-8,10,15H2,1-3H3. The Labute approximate surface area is 121 Å². The molecule has 1 aliphatic rings. The molecule has 6 heteroatoms. The Morgan fingerprint density at radius 1 is 1.35 bits per heavy atom. The van der Waals surface area contributed by atoms with Crippen LogP contribution >= 0.6 is 0 Å². The van der Waals surface area contributed by atoms with Crippen LogP contribution in [0.25, 0.3) is 0 Å². The minimum absolute atomic E-state index is 0.216. The molecule has 1 amide bonds. The van der Waals surface area contributed by atoms with Crippen molar-refractivity contribution in [3.63, 3.8) is 0 Å². The van der Waals surface area contributed by atoms with Gasteiger partial charge in [0, 0.05) is 26.2 Å². The fourth-order valence-electron chi connectivity index (χ4n) is 2.18. The normalized spacial score (nSPS) is 17.2. The quantitative estimate of drug-likeness (QED) is 0.743. The molecule has 0 unspecified atom stereocenters. The molecule has 1 fully saturated rings. The van der Waals surface area contributed by atoms with E-state index in [1.54, 1.807) is 11.2 Å². The zero-order chi connectivity index (χ0) is 14.8. The van der Waals surface area contributed by atoms with Crippen molar-refractivity contribution in [2.45, 2.75) is 32.9 Å². The molecule has 0 aliphatic carbocycles. The molecule has 0 radical (unpaired) electrons. The van der Waals surface area contributed by atoms with E-state index in [0.717, 1.165) is 25.4 Å². The van der Waals surface area contributed by atoms with Crippen molar-refractivity contribution in [2.24, 2.45) is 0 Å². The van der Waals surface area contributed by atoms with Crippen LogP contribution in [-0.2, 0) is 11.3 Å². The first-order valence-electron chi connectivity index (χ1n) is 7.08. The van der Waals surface area contributed by atoms with Crippen molar-refractivity contribution < 1.29 is 13.9 Å². The van der Waals surface area contributed by atoms with Gasteiger partial charge in [-0.3, -0.25) is 4.90 Å². The second-order valence-electron chi connectivity index (χ2n) is 6.27. The molecular weight excluding hydrogens is 255 g/mol. The maximum absolute atomic E-state index is 12.0. The van der Waals surface area contributed by atoms with Crippen LogP contribution < -0.4 is 5.46 Å². The zero-order valence-corrected chi connectivity index (χ0v) is 12.8. The first-order valence-corrected chi connectivity index (χ1v) is 7.08. The fraction of sp³-hybridized carbons (Fsp3) is 0.643. The molecule has 20 heavy (non-hydrogen) atoms. The SMILES string of the molecule is Bc1ccoc1CN1CCN(C(=O)OC(C)(C)C)CC1. The Kier molecular flexibility index (Phi) is 4.43. The first-order chi connectivity index (χ1) is 9.35. The molecule has 0 spiro atoms. The first kappa shape index (κ1) is 15.0. The molecule has 1 saturated heterocycles. The number of nitrogens with zero attached hydrogens (tertiary/aromatic N) is 2. The summed E-state index contributed by atoms with van der Waals surface area (Å²) < 4.78 is 10.8. The fourth-order valence-corrected chi connectivity index (χ4v) is 2.18. The van der Waals surface area contributed by atoms with Crippen molar-refractivity contribution >= 4 is 19.4 Å². The summed E-state index contributed by atoms with van der Waals surface area (Å²) in [6.45, 7) is 9.58. The van der Waals surface area contributed by atoms with E-state index in [4.69, 9.17) is 9.15 Å². The monoisotopic (exact) mass is 278 g/mol. The van der Waals surface area contributed by atoms with Crippen LogP contribution in [-0.4, -0.2) is 55.5 Å². The van der Waals surface area contributed by atoms with E-state index in [0.29, 0.717) is 13.1 Å². The predicted molar refractivity (Wildman–Crippen MR) is 80.0 cm³/mol. The molecule has 0 atom stereocenters. The van der Waals surface area contributed by atoms with Crippen LogP contribution in [0.2, 0.25) is 0 Å². The van der Waals surface area contributed by atoms with Crippen molar-refractivity contribution in [3.05, 3.63) is 18.1 Å². The largest absolute Gasteiger partial charge is 0.469 e. The molecule has 5 nitrogen and oxygen atoms in total. The van der Waals surface area contributed by atoms with Gasteiger partial charge in [-0.2, -0.15) is 0 Å². The molecule has 1 aromatic rings. The number of rotatable bonds is 2. The number of hydrogen-bond acceptors (Lipinski definition) is 4. The summed E-state index contributed by atoms with van der Waals surface area (Å²) in [7, 11) is 2.05. The lowest BCUT2D eigenvalue weighted by Crippen LogP contribution is -2.49. The van der Waals surface area contributed by atoms with Gasteiger partial charge in [0.2, 0.25) is 0 Å². The lowest BCUT2D eigenvalue weighted by Gasteiger charge is -2.35. The summed E-state index contributed by atoms with van der Waals surface area (Å²) in [6.07, 6.45) is 1.51. The number of carbonyl (C=O) groups excluding carboxylic acids is 1. The van der Waals surface area contributed by atoms with E-state index in [-0.39, 0.29) is 6.09 Å². The molecule has 2 rings (SSSR count). The van der Waals surface area contributed by atoms with Crippen LogP contribution in [0.4, 0.5) is 4.79 Å². The zero-order valence-electron chi connectivity index (χ0n) is 12.8. The molecule has 1 aliphatic heterocycles. The Morgan fingerprint density at radius 3 is 2.50 bits per heavy atom. The molecular formula is C14H23BN2O3. The number of carbonyl (C=O) groups is 1. The molecule has 0 saturated carbocycles. The van der Waals surface area contributed by atoms with E-state index in [1.807, 2.05) is 26.8 Å². The number of piperazine rings is 1. The maximum atomic E-state index is 12.0. The Hall–Kier alpha value is -1.43. The highest BCUT2D eigenvalue weighted by atomic mass is 16.6. The number of ether oxygens (including phenoxy) is 1. The van der Waals surface area contributed by atoms with Crippen molar-refractivity contribution in [1.82, 2.24) is 9.80 Å². The summed E-state index contributed by atoms with van der Waals surface area (Å²) in [5, 5.41) is 0. The van der Waals surface area contributed by atoms with E-state index in [9.17, 15) is 4.79 Å². The highest BCUT2D eigenvalue weighted by molar-refractivity contribution is 6.33. The van der Waals surface area contributed by atoms with Gasteiger partial charge >= 0.3 is 6.09 Å². The summed E-state index contributed by atoms with van der Waals surface area (Å²) in [4.78, 5) is 16.0. The van der Waals surface area contributed by atoms with E-state index in [2.05, 4.69) is 12.7 Å². The molecule has 110 valence electrons. The second kappa shape index (κ2) is 5.91. The summed E-state index contributed by atoms with van der Waals surface area (Å²) in [6, 6.07) is 1.98. The number of furan rings is 1. The minimum atomic E-state index is -0.431. The highest BCUT2D eigenvalue weighted by Crippen LogP contribution is 2.13. The average Bonchev–Trinajstić information content (AvgIpc) is 2.74. The Morgan fingerprint density at radius 2 is 2.00 bits per heavy atom. The van der Waals surface area contributed by atoms with Gasteiger partial charge in [0.25, 0.3) is 0 Å².